The first-order valence-corrected chi connectivity index (χ1v) is 4.03. The van der Waals surface area contributed by atoms with Crippen LogP contribution in [0.15, 0.2) is 22.4 Å². The molecule has 0 unspecified atom stereocenters. The quantitative estimate of drug-likeness (QED) is 0.451. The Hall–Kier alpha value is -0.660. The molecule has 0 saturated heterocycles. The summed E-state index contributed by atoms with van der Waals surface area (Å²) in [6.07, 6.45) is 7.38. The predicted octanol–water partition coefficient (Wildman–Crippen LogP) is 1.79. The Bertz CT molecular complexity index is 197. The van der Waals surface area contributed by atoms with E-state index in [4.69, 9.17) is 0 Å². The molecule has 0 aromatic heterocycles. The molecule has 0 radical (unpaired) electrons. The van der Waals surface area contributed by atoms with Gasteiger partial charge in [0.2, 0.25) is 0 Å². The zero-order chi connectivity index (χ0) is 6.55. The maximum absolute atomic E-state index is 4.15. The fourth-order valence-electron chi connectivity index (χ4n) is 2.33. The van der Waals surface area contributed by atoms with Crippen molar-refractivity contribution in [2.24, 2.45) is 22.1 Å². The molecule has 1 heterocycles. The first-order valence-electron chi connectivity index (χ1n) is 4.03. The molecule has 4 rings (SSSR count). The van der Waals surface area contributed by atoms with Gasteiger partial charge in [-0.25, -0.2) is 0 Å². The highest BCUT2D eigenvalue weighted by Gasteiger charge is 2.45. The van der Waals surface area contributed by atoms with E-state index in [0.717, 1.165) is 11.8 Å². The third-order valence-corrected chi connectivity index (χ3v) is 3.00. The molecule has 1 saturated carbocycles. The van der Waals surface area contributed by atoms with Gasteiger partial charge in [0, 0.05) is 11.8 Å². The number of hydrogen-bond donors (Lipinski definition) is 0. The lowest BCUT2D eigenvalue weighted by Gasteiger charge is -2.44. The molecule has 0 amide bonds. The van der Waals surface area contributed by atoms with Gasteiger partial charge in [-0.1, -0.05) is 12.2 Å². The highest BCUT2D eigenvalue weighted by Crippen LogP contribution is 2.44. The zero-order valence-corrected chi connectivity index (χ0v) is 5.77. The molecule has 0 N–H and O–H groups in total. The number of fused-ring (bicyclic) bond motifs is 1. The fraction of sp³-hybridized carbons (Fsp3) is 0.750. The number of nitrogens with zero attached hydrogens (tertiary/aromatic N) is 2. The van der Waals surface area contributed by atoms with Crippen LogP contribution in [-0.2, 0) is 0 Å². The van der Waals surface area contributed by atoms with E-state index in [1.807, 2.05) is 0 Å². The summed E-state index contributed by atoms with van der Waals surface area (Å²) in [5.74, 6) is 1.49. The third kappa shape index (κ3) is 0.425. The Morgan fingerprint density at radius 3 is 1.60 bits per heavy atom. The van der Waals surface area contributed by atoms with E-state index in [0.29, 0.717) is 12.1 Å². The largest absolute Gasteiger partial charge is 0.187 e. The van der Waals surface area contributed by atoms with Crippen LogP contribution in [0.5, 0.6) is 0 Å². The van der Waals surface area contributed by atoms with Gasteiger partial charge in [0.05, 0.1) is 0 Å². The lowest BCUT2D eigenvalue weighted by atomic mass is 9.69. The molecule has 2 nitrogen and oxygen atoms in total. The van der Waals surface area contributed by atoms with Gasteiger partial charge in [-0.05, 0) is 12.8 Å². The van der Waals surface area contributed by atoms with E-state index >= 15 is 0 Å². The van der Waals surface area contributed by atoms with Crippen molar-refractivity contribution in [2.75, 3.05) is 0 Å². The third-order valence-electron chi connectivity index (χ3n) is 3.00. The summed E-state index contributed by atoms with van der Waals surface area (Å²) in [5, 5.41) is 8.29. The second-order valence-electron chi connectivity index (χ2n) is 3.50. The Labute approximate surface area is 60.0 Å². The fourth-order valence-corrected chi connectivity index (χ4v) is 2.33. The van der Waals surface area contributed by atoms with Gasteiger partial charge in [-0.3, -0.25) is 0 Å². The second kappa shape index (κ2) is 1.49. The number of rotatable bonds is 0. The summed E-state index contributed by atoms with van der Waals surface area (Å²) in [6.45, 7) is 0. The zero-order valence-electron chi connectivity index (χ0n) is 5.77. The Kier molecular flexibility index (Phi) is 0.755. The van der Waals surface area contributed by atoms with Crippen molar-refractivity contribution in [3.05, 3.63) is 12.2 Å². The monoisotopic (exact) mass is 134 g/mol. The summed E-state index contributed by atoms with van der Waals surface area (Å²) in [7, 11) is 0. The molecule has 1 fully saturated rings. The van der Waals surface area contributed by atoms with Crippen molar-refractivity contribution in [1.82, 2.24) is 0 Å². The molecular formula is C8H10N2. The molecule has 52 valence electrons. The second-order valence-corrected chi connectivity index (χ2v) is 3.50. The maximum atomic E-state index is 4.15. The van der Waals surface area contributed by atoms with Crippen LogP contribution < -0.4 is 0 Å². The van der Waals surface area contributed by atoms with Gasteiger partial charge in [0.25, 0.3) is 0 Å². The van der Waals surface area contributed by atoms with E-state index in [9.17, 15) is 0 Å². The molecule has 1 aliphatic heterocycles. The minimum absolute atomic E-state index is 0.587. The maximum Gasteiger partial charge on any atom is 0.102 e. The first kappa shape index (κ1) is 5.05. The Balaban J connectivity index is 2.05. The average molecular weight is 134 g/mol. The summed E-state index contributed by atoms with van der Waals surface area (Å²) in [6, 6.07) is 1.17. The lowest BCUT2D eigenvalue weighted by molar-refractivity contribution is 0.184. The first-order chi connectivity index (χ1) is 4.95. The van der Waals surface area contributed by atoms with Crippen LogP contribution in [0, 0.1) is 11.8 Å². The standard InChI is InChI=1S/C8H10N2/c1-2-6-4-3-5(1)7-8(6)10-9-7/h1-2,5-8H,3-4H2/t5-,6+,7-,8+. The molecular weight excluding hydrogens is 124 g/mol. The predicted molar refractivity (Wildman–Crippen MR) is 37.8 cm³/mol. The summed E-state index contributed by atoms with van der Waals surface area (Å²) in [4.78, 5) is 0. The highest BCUT2D eigenvalue weighted by molar-refractivity contribution is 5.17. The normalized spacial score (nSPS) is 54.4. The van der Waals surface area contributed by atoms with E-state index < -0.39 is 0 Å². The van der Waals surface area contributed by atoms with Crippen LogP contribution in [0.1, 0.15) is 12.8 Å². The van der Waals surface area contributed by atoms with Crippen LogP contribution in [0.2, 0.25) is 0 Å². The summed E-state index contributed by atoms with van der Waals surface area (Å²) >= 11 is 0. The minimum Gasteiger partial charge on any atom is -0.187 e. The summed E-state index contributed by atoms with van der Waals surface area (Å²) in [5.41, 5.74) is 0. The van der Waals surface area contributed by atoms with Gasteiger partial charge < -0.3 is 0 Å². The topological polar surface area (TPSA) is 24.7 Å². The van der Waals surface area contributed by atoms with E-state index in [-0.39, 0.29) is 0 Å². The Morgan fingerprint density at radius 2 is 1.40 bits per heavy atom. The summed E-state index contributed by atoms with van der Waals surface area (Å²) < 4.78 is 0. The highest BCUT2D eigenvalue weighted by atomic mass is 15.3. The van der Waals surface area contributed by atoms with Crippen molar-refractivity contribution in [3.8, 4) is 0 Å². The molecule has 0 aromatic rings. The van der Waals surface area contributed by atoms with Crippen LogP contribution in [0.25, 0.3) is 0 Å². The SMILES string of the molecule is C1=C[C@H]2CC[C@@H]1[C@H]1N=N[C@H]12. The van der Waals surface area contributed by atoms with E-state index in [1.54, 1.807) is 0 Å². The number of hydrogen-bond acceptors (Lipinski definition) is 2. The molecule has 4 aliphatic rings. The van der Waals surface area contributed by atoms with Crippen molar-refractivity contribution in [1.29, 1.82) is 0 Å². The van der Waals surface area contributed by atoms with Gasteiger partial charge >= 0.3 is 0 Å². The Morgan fingerprint density at radius 1 is 0.900 bits per heavy atom. The van der Waals surface area contributed by atoms with E-state index in [2.05, 4.69) is 22.4 Å². The van der Waals surface area contributed by atoms with Crippen molar-refractivity contribution in [3.63, 3.8) is 0 Å². The molecule has 0 spiro atoms. The van der Waals surface area contributed by atoms with E-state index in [1.165, 1.54) is 12.8 Å². The molecule has 4 atom stereocenters. The molecule has 0 aromatic carbocycles. The van der Waals surface area contributed by atoms with Crippen LogP contribution in [0.3, 0.4) is 0 Å². The minimum atomic E-state index is 0.587. The van der Waals surface area contributed by atoms with Gasteiger partial charge in [0.15, 0.2) is 0 Å². The number of azo groups is 1. The molecule has 3 aliphatic carbocycles. The van der Waals surface area contributed by atoms with Gasteiger partial charge in [-0.15, -0.1) is 0 Å². The van der Waals surface area contributed by atoms with Gasteiger partial charge in [0.1, 0.15) is 12.1 Å². The van der Waals surface area contributed by atoms with Gasteiger partial charge in [-0.2, -0.15) is 10.2 Å². The smallest absolute Gasteiger partial charge is 0.102 e. The molecule has 2 heteroatoms. The van der Waals surface area contributed by atoms with Crippen LogP contribution in [0.4, 0.5) is 0 Å². The molecule has 10 heavy (non-hydrogen) atoms. The van der Waals surface area contributed by atoms with Crippen molar-refractivity contribution >= 4 is 0 Å². The average Bonchev–Trinajstić information content (AvgIpc) is 1.88. The van der Waals surface area contributed by atoms with Crippen molar-refractivity contribution < 1.29 is 0 Å². The molecule has 2 bridgehead atoms. The lowest BCUT2D eigenvalue weighted by Crippen LogP contribution is -2.47. The van der Waals surface area contributed by atoms with Crippen LogP contribution in [-0.4, -0.2) is 12.1 Å². The van der Waals surface area contributed by atoms with Crippen molar-refractivity contribution in [2.45, 2.75) is 24.9 Å². The van der Waals surface area contributed by atoms with Crippen LogP contribution >= 0.6 is 0 Å².